The summed E-state index contributed by atoms with van der Waals surface area (Å²) in [7, 11) is 1.38. The maximum Gasteiger partial charge on any atom is 0.281 e. The van der Waals surface area contributed by atoms with Gasteiger partial charge in [-0.3, -0.25) is 24.1 Å². The highest BCUT2D eigenvalue weighted by Gasteiger charge is 2.24. The molecule has 0 aliphatic rings. The van der Waals surface area contributed by atoms with E-state index < -0.39 is 11.8 Å². The average Bonchev–Trinajstić information content (AvgIpc) is 2.56. The van der Waals surface area contributed by atoms with E-state index in [0.717, 1.165) is 11.0 Å². The van der Waals surface area contributed by atoms with E-state index >= 15 is 0 Å². The van der Waals surface area contributed by atoms with Crippen LogP contribution in [-0.2, 0) is 14.4 Å². The van der Waals surface area contributed by atoms with Crippen LogP contribution in [0.3, 0.4) is 0 Å². The van der Waals surface area contributed by atoms with E-state index in [1.807, 2.05) is 6.92 Å². The lowest BCUT2D eigenvalue weighted by molar-refractivity contribution is -0.114. The molecule has 7 heteroatoms. The predicted molar refractivity (Wildman–Crippen MR) is 80.8 cm³/mol. The first-order valence-electron chi connectivity index (χ1n) is 6.70. The highest BCUT2D eigenvalue weighted by atomic mass is 16.7. The largest absolute Gasteiger partial charge is 0.289 e. The van der Waals surface area contributed by atoms with Crippen molar-refractivity contribution in [1.29, 1.82) is 0 Å². The van der Waals surface area contributed by atoms with Gasteiger partial charge in [0.2, 0.25) is 6.29 Å². The van der Waals surface area contributed by atoms with Gasteiger partial charge in [-0.25, -0.2) is 10.0 Å². The van der Waals surface area contributed by atoms with E-state index in [4.69, 9.17) is 4.84 Å². The molecular formula is C15H18N3O4. The quantitative estimate of drug-likeness (QED) is 0.531. The van der Waals surface area contributed by atoms with E-state index in [9.17, 15) is 14.4 Å². The van der Waals surface area contributed by atoms with Gasteiger partial charge in [-0.1, -0.05) is 13.5 Å². The SMILES string of the molecule is C=CC(=O)N(C[C]=O)c1ncccc1C(=O)N(CCC)OC. The van der Waals surface area contributed by atoms with Crippen molar-refractivity contribution < 1.29 is 19.2 Å². The second kappa shape index (κ2) is 8.68. The first kappa shape index (κ1) is 17.5. The van der Waals surface area contributed by atoms with Crippen LogP contribution in [0.5, 0.6) is 0 Å². The summed E-state index contributed by atoms with van der Waals surface area (Å²) in [6.45, 7) is 5.32. The number of carbonyl (C=O) groups excluding carboxylic acids is 3. The Labute approximate surface area is 129 Å². The van der Waals surface area contributed by atoms with Crippen molar-refractivity contribution in [3.8, 4) is 0 Å². The van der Waals surface area contributed by atoms with Gasteiger partial charge in [0.25, 0.3) is 11.8 Å². The number of hydroxylamine groups is 2. The number of nitrogens with zero attached hydrogens (tertiary/aromatic N) is 3. The molecule has 0 spiro atoms. The lowest BCUT2D eigenvalue weighted by Gasteiger charge is -2.23. The second-order valence-electron chi connectivity index (χ2n) is 4.24. The molecule has 0 fully saturated rings. The molecule has 0 aliphatic heterocycles. The summed E-state index contributed by atoms with van der Waals surface area (Å²) in [5.41, 5.74) is 0.156. The molecule has 0 saturated carbocycles. The Bertz CT molecular complexity index is 559. The van der Waals surface area contributed by atoms with Crippen LogP contribution in [0, 0.1) is 0 Å². The Kier molecular flexibility index (Phi) is 6.91. The minimum absolute atomic E-state index is 0.0684. The number of hydrogen-bond acceptors (Lipinski definition) is 5. The van der Waals surface area contributed by atoms with Crippen LogP contribution < -0.4 is 4.90 Å². The van der Waals surface area contributed by atoms with Crippen LogP contribution in [-0.4, -0.2) is 48.3 Å². The average molecular weight is 304 g/mol. The van der Waals surface area contributed by atoms with Crippen molar-refractivity contribution in [2.75, 3.05) is 25.1 Å². The van der Waals surface area contributed by atoms with Crippen molar-refractivity contribution in [2.45, 2.75) is 13.3 Å². The summed E-state index contributed by atoms with van der Waals surface area (Å²) < 4.78 is 0. The molecule has 1 rings (SSSR count). The van der Waals surface area contributed by atoms with Crippen LogP contribution in [0.15, 0.2) is 31.0 Å². The molecule has 2 amide bonds. The van der Waals surface area contributed by atoms with Crippen molar-refractivity contribution in [1.82, 2.24) is 10.0 Å². The Balaban J connectivity index is 3.26. The number of amides is 2. The molecule has 0 N–H and O–H groups in total. The summed E-state index contributed by atoms with van der Waals surface area (Å²) in [5.74, 6) is -0.922. The molecule has 7 nitrogen and oxygen atoms in total. The smallest absolute Gasteiger partial charge is 0.281 e. The summed E-state index contributed by atoms with van der Waals surface area (Å²) in [5, 5.41) is 1.17. The minimum Gasteiger partial charge on any atom is -0.289 e. The van der Waals surface area contributed by atoms with E-state index in [1.54, 1.807) is 12.4 Å². The zero-order chi connectivity index (χ0) is 16.5. The maximum atomic E-state index is 12.5. The molecule has 117 valence electrons. The van der Waals surface area contributed by atoms with Gasteiger partial charge in [0.1, 0.15) is 5.82 Å². The fourth-order valence-electron chi connectivity index (χ4n) is 1.82. The highest BCUT2D eigenvalue weighted by molar-refractivity contribution is 6.07. The van der Waals surface area contributed by atoms with Gasteiger partial charge in [-0.15, -0.1) is 0 Å². The van der Waals surface area contributed by atoms with Crippen LogP contribution in [0.2, 0.25) is 0 Å². The molecule has 0 bridgehead atoms. The monoisotopic (exact) mass is 304 g/mol. The number of carbonyl (C=O) groups is 2. The molecule has 0 unspecified atom stereocenters. The fraction of sp³-hybridized carbons (Fsp3) is 0.333. The van der Waals surface area contributed by atoms with Gasteiger partial charge in [0.15, 0.2) is 0 Å². The van der Waals surface area contributed by atoms with Gasteiger partial charge in [-0.05, 0) is 24.6 Å². The van der Waals surface area contributed by atoms with Crippen molar-refractivity contribution in [3.05, 3.63) is 36.5 Å². The normalized spacial score (nSPS) is 9.91. The third kappa shape index (κ3) is 3.98. The molecule has 0 aromatic carbocycles. The van der Waals surface area contributed by atoms with Crippen LogP contribution in [0.25, 0.3) is 0 Å². The lowest BCUT2D eigenvalue weighted by Crippen LogP contribution is -2.36. The maximum absolute atomic E-state index is 12.5. The number of aromatic nitrogens is 1. The van der Waals surface area contributed by atoms with Crippen LogP contribution >= 0.6 is 0 Å². The van der Waals surface area contributed by atoms with E-state index in [-0.39, 0.29) is 17.9 Å². The standard InChI is InChI=1S/C15H18N3O4/c1-4-9-18(22-3)15(21)12-7-6-8-16-14(12)17(10-11-19)13(20)5-2/h5-8H,2,4,9-10H2,1,3H3. The van der Waals surface area contributed by atoms with Gasteiger partial charge < -0.3 is 0 Å². The topological polar surface area (TPSA) is 79.8 Å². The zero-order valence-corrected chi connectivity index (χ0v) is 12.6. The Morgan fingerprint density at radius 1 is 1.50 bits per heavy atom. The highest BCUT2D eigenvalue weighted by Crippen LogP contribution is 2.19. The third-order valence-corrected chi connectivity index (χ3v) is 2.81. The minimum atomic E-state index is -0.546. The predicted octanol–water partition coefficient (Wildman–Crippen LogP) is 1.12. The molecule has 0 saturated heterocycles. The fourth-order valence-corrected chi connectivity index (χ4v) is 1.82. The van der Waals surface area contributed by atoms with Crippen molar-refractivity contribution in [3.63, 3.8) is 0 Å². The van der Waals surface area contributed by atoms with E-state index in [2.05, 4.69) is 11.6 Å². The molecule has 0 aliphatic carbocycles. The zero-order valence-electron chi connectivity index (χ0n) is 12.6. The van der Waals surface area contributed by atoms with Crippen LogP contribution in [0.4, 0.5) is 5.82 Å². The summed E-state index contributed by atoms with van der Waals surface area (Å²) in [6, 6.07) is 3.08. The molecule has 1 aromatic heterocycles. The molecule has 1 heterocycles. The van der Waals surface area contributed by atoms with Gasteiger partial charge in [0, 0.05) is 12.7 Å². The Morgan fingerprint density at radius 3 is 2.77 bits per heavy atom. The summed E-state index contributed by atoms with van der Waals surface area (Å²) in [4.78, 5) is 45.2. The second-order valence-corrected chi connectivity index (χ2v) is 4.24. The molecule has 22 heavy (non-hydrogen) atoms. The van der Waals surface area contributed by atoms with Crippen molar-refractivity contribution >= 4 is 23.9 Å². The molecule has 1 radical (unpaired) electrons. The third-order valence-electron chi connectivity index (χ3n) is 2.81. The summed E-state index contributed by atoms with van der Waals surface area (Å²) >= 11 is 0. The number of hydrogen-bond donors (Lipinski definition) is 0. The van der Waals surface area contributed by atoms with Gasteiger partial charge in [0.05, 0.1) is 19.2 Å². The lowest BCUT2D eigenvalue weighted by atomic mass is 10.2. The van der Waals surface area contributed by atoms with Crippen molar-refractivity contribution in [2.24, 2.45) is 0 Å². The Morgan fingerprint density at radius 2 is 2.23 bits per heavy atom. The number of pyridine rings is 1. The number of rotatable bonds is 8. The Hall–Kier alpha value is -2.54. The van der Waals surface area contributed by atoms with E-state index in [1.165, 1.54) is 24.4 Å². The molecule has 1 aromatic rings. The number of anilines is 1. The first-order chi connectivity index (χ1) is 10.6. The molecule has 0 atom stereocenters. The van der Waals surface area contributed by atoms with Crippen LogP contribution in [0.1, 0.15) is 23.7 Å². The molecular weight excluding hydrogens is 286 g/mol. The summed E-state index contributed by atoms with van der Waals surface area (Å²) in [6.07, 6.45) is 4.80. The van der Waals surface area contributed by atoms with Gasteiger partial charge >= 0.3 is 0 Å². The van der Waals surface area contributed by atoms with Gasteiger partial charge in [-0.2, -0.15) is 0 Å². The van der Waals surface area contributed by atoms with E-state index in [0.29, 0.717) is 13.0 Å². The first-order valence-corrected chi connectivity index (χ1v) is 6.70.